The monoisotopic (exact) mass is 379 g/mol. The molecule has 0 aromatic heterocycles. The molecule has 0 radical (unpaired) electrons. The summed E-state index contributed by atoms with van der Waals surface area (Å²) in [7, 11) is 3.56. The van der Waals surface area contributed by atoms with E-state index in [4.69, 9.17) is 4.74 Å². The highest BCUT2D eigenvalue weighted by molar-refractivity contribution is 5.94. The molecule has 0 bridgehead atoms. The van der Waals surface area contributed by atoms with Crippen LogP contribution in [0.1, 0.15) is 17.2 Å². The zero-order chi connectivity index (χ0) is 19.9. The van der Waals surface area contributed by atoms with Gasteiger partial charge in [0.25, 0.3) is 5.91 Å². The van der Waals surface area contributed by atoms with E-state index in [1.54, 1.807) is 25.3 Å². The quantitative estimate of drug-likeness (QED) is 0.662. The minimum atomic E-state index is -0.419. The van der Waals surface area contributed by atoms with Gasteiger partial charge in [-0.05, 0) is 24.3 Å². The fourth-order valence-electron chi connectivity index (χ4n) is 3.25. The highest BCUT2D eigenvalue weighted by Crippen LogP contribution is 2.19. The molecule has 0 saturated heterocycles. The summed E-state index contributed by atoms with van der Waals surface area (Å²) in [6.45, 7) is 0.589. The summed E-state index contributed by atoms with van der Waals surface area (Å²) < 4.78 is 18.4. The maximum Gasteiger partial charge on any atom is 0.287 e. The van der Waals surface area contributed by atoms with Gasteiger partial charge in [0.05, 0.1) is 14.2 Å². The van der Waals surface area contributed by atoms with E-state index in [0.29, 0.717) is 18.0 Å². The molecule has 4 nitrogen and oxygen atoms in total. The second kappa shape index (κ2) is 9.15. The molecular weight excluding hydrogens is 355 g/mol. The van der Waals surface area contributed by atoms with Crippen LogP contribution in [-0.4, -0.2) is 20.1 Å². The third-order valence-corrected chi connectivity index (χ3v) is 4.62. The molecule has 2 atom stereocenters. The Morgan fingerprint density at radius 2 is 1.75 bits per heavy atom. The van der Waals surface area contributed by atoms with E-state index in [1.807, 2.05) is 55.6 Å². The van der Waals surface area contributed by atoms with Gasteiger partial charge in [-0.1, -0.05) is 48.5 Å². The van der Waals surface area contributed by atoms with Crippen molar-refractivity contribution in [2.45, 2.75) is 12.6 Å². The van der Waals surface area contributed by atoms with Crippen LogP contribution < -0.4 is 15.0 Å². The Hall–Kier alpha value is -3.18. The first-order chi connectivity index (χ1) is 13.6. The maximum atomic E-state index is 13.2. The number of hydrogen-bond donors (Lipinski definition) is 2. The van der Waals surface area contributed by atoms with Gasteiger partial charge in [0.15, 0.2) is 6.04 Å². The van der Waals surface area contributed by atoms with Gasteiger partial charge in [0, 0.05) is 22.9 Å². The van der Waals surface area contributed by atoms with Crippen LogP contribution in [0.5, 0.6) is 5.75 Å². The maximum absolute atomic E-state index is 13.2. The van der Waals surface area contributed by atoms with Crippen LogP contribution in [0.2, 0.25) is 0 Å². The van der Waals surface area contributed by atoms with Crippen molar-refractivity contribution in [3.63, 3.8) is 0 Å². The van der Waals surface area contributed by atoms with Gasteiger partial charge in [-0.15, -0.1) is 0 Å². The molecule has 0 spiro atoms. The average Bonchev–Trinajstić information content (AvgIpc) is 2.71. The molecule has 0 aliphatic heterocycles. The third-order valence-electron chi connectivity index (χ3n) is 4.62. The van der Waals surface area contributed by atoms with Gasteiger partial charge in [-0.3, -0.25) is 4.79 Å². The lowest BCUT2D eigenvalue weighted by atomic mass is 10.0. The number of anilines is 1. The van der Waals surface area contributed by atoms with Crippen LogP contribution >= 0.6 is 0 Å². The second-order valence-corrected chi connectivity index (χ2v) is 6.71. The molecule has 0 heterocycles. The Balaban J connectivity index is 1.83. The van der Waals surface area contributed by atoms with Gasteiger partial charge in [0.2, 0.25) is 0 Å². The predicted molar refractivity (Wildman–Crippen MR) is 108 cm³/mol. The molecule has 3 aromatic carbocycles. The van der Waals surface area contributed by atoms with Crippen LogP contribution in [0.3, 0.4) is 0 Å². The number of rotatable bonds is 7. The zero-order valence-electron chi connectivity index (χ0n) is 16.0. The number of quaternary nitrogens is 1. The van der Waals surface area contributed by atoms with E-state index in [9.17, 15) is 9.18 Å². The van der Waals surface area contributed by atoms with Gasteiger partial charge >= 0.3 is 0 Å². The Kier molecular flexibility index (Phi) is 6.40. The Labute approximate surface area is 164 Å². The molecule has 0 aliphatic rings. The highest BCUT2D eigenvalue weighted by Gasteiger charge is 2.29. The summed E-state index contributed by atoms with van der Waals surface area (Å²) in [4.78, 5) is 14.2. The smallest absolute Gasteiger partial charge is 0.287 e. The number of hydrogen-bond acceptors (Lipinski definition) is 2. The van der Waals surface area contributed by atoms with E-state index < -0.39 is 6.04 Å². The largest absolute Gasteiger partial charge is 0.497 e. The van der Waals surface area contributed by atoms with Crippen LogP contribution in [0.25, 0.3) is 0 Å². The molecule has 3 rings (SSSR count). The van der Waals surface area contributed by atoms with Gasteiger partial charge in [-0.25, -0.2) is 4.39 Å². The molecule has 5 heteroatoms. The number of methoxy groups -OCH3 is 1. The molecule has 0 fully saturated rings. The summed E-state index contributed by atoms with van der Waals surface area (Å²) >= 11 is 0. The van der Waals surface area contributed by atoms with E-state index in [0.717, 1.165) is 16.0 Å². The van der Waals surface area contributed by atoms with Crippen molar-refractivity contribution < 1.29 is 18.8 Å². The number of ether oxygens (including phenoxy) is 1. The first-order valence-electron chi connectivity index (χ1n) is 9.13. The lowest BCUT2D eigenvalue weighted by Crippen LogP contribution is -3.09. The number of halogens is 1. The van der Waals surface area contributed by atoms with Crippen LogP contribution in [-0.2, 0) is 11.3 Å². The van der Waals surface area contributed by atoms with Crippen molar-refractivity contribution in [1.29, 1.82) is 0 Å². The van der Waals surface area contributed by atoms with E-state index >= 15 is 0 Å². The van der Waals surface area contributed by atoms with Crippen LogP contribution in [0, 0.1) is 5.82 Å². The normalized spacial score (nSPS) is 12.8. The van der Waals surface area contributed by atoms with Crippen molar-refractivity contribution in [3.8, 4) is 5.75 Å². The highest BCUT2D eigenvalue weighted by atomic mass is 19.1. The summed E-state index contributed by atoms with van der Waals surface area (Å²) in [5.74, 6) is 0.303. The first kappa shape index (κ1) is 19.6. The minimum absolute atomic E-state index is 0.112. The average molecular weight is 379 g/mol. The van der Waals surface area contributed by atoms with Crippen molar-refractivity contribution in [1.82, 2.24) is 0 Å². The fraction of sp³-hybridized carbons (Fsp3) is 0.174. The molecule has 1 unspecified atom stereocenters. The summed E-state index contributed by atoms with van der Waals surface area (Å²) in [6.07, 6.45) is 0. The number of carbonyl (C=O) groups is 1. The van der Waals surface area contributed by atoms with Gasteiger partial charge in [0.1, 0.15) is 18.1 Å². The first-order valence-corrected chi connectivity index (χ1v) is 9.13. The Morgan fingerprint density at radius 1 is 1.04 bits per heavy atom. The molecular formula is C23H24FN2O2+. The molecule has 3 aromatic rings. The standard InChI is InChI=1S/C23H23FN2O2/c1-26(16-17-11-13-19(24)14-12-17)22(18-7-4-3-5-8-18)23(27)25-20-9-6-10-21(15-20)28-2/h3-15,22H,16H2,1-2H3,(H,25,27)/p+1/t22-/m1/s1. The van der Waals surface area contributed by atoms with Crippen molar-refractivity contribution in [2.24, 2.45) is 0 Å². The molecule has 144 valence electrons. The molecule has 1 amide bonds. The summed E-state index contributed by atoms with van der Waals surface area (Å²) in [6, 6.07) is 22.9. The Morgan fingerprint density at radius 3 is 2.43 bits per heavy atom. The van der Waals surface area contributed by atoms with E-state index in [-0.39, 0.29) is 11.7 Å². The van der Waals surface area contributed by atoms with Gasteiger partial charge in [-0.2, -0.15) is 0 Å². The number of amides is 1. The summed E-state index contributed by atoms with van der Waals surface area (Å²) in [5.41, 5.74) is 2.57. The minimum Gasteiger partial charge on any atom is -0.497 e. The van der Waals surface area contributed by atoms with Crippen LogP contribution in [0.15, 0.2) is 78.9 Å². The lowest BCUT2D eigenvalue weighted by Gasteiger charge is -2.25. The second-order valence-electron chi connectivity index (χ2n) is 6.71. The number of likely N-dealkylation sites (N-methyl/N-ethyl adjacent to an activating group) is 1. The van der Waals surface area contributed by atoms with Crippen molar-refractivity contribution >= 4 is 11.6 Å². The third kappa shape index (κ3) is 4.96. The molecule has 0 saturated carbocycles. The molecule has 28 heavy (non-hydrogen) atoms. The fourth-order valence-corrected chi connectivity index (χ4v) is 3.25. The van der Waals surface area contributed by atoms with Crippen molar-refractivity contribution in [3.05, 3.63) is 95.8 Å². The number of nitrogens with one attached hydrogen (secondary N) is 2. The Bertz CT molecular complexity index is 913. The number of carbonyl (C=O) groups excluding carboxylic acids is 1. The lowest BCUT2D eigenvalue weighted by molar-refractivity contribution is -0.915. The predicted octanol–water partition coefficient (Wildman–Crippen LogP) is 3.23. The van der Waals surface area contributed by atoms with Crippen LogP contribution in [0.4, 0.5) is 10.1 Å². The topological polar surface area (TPSA) is 42.8 Å². The SMILES string of the molecule is COc1cccc(NC(=O)[C@@H](c2ccccc2)[NH+](C)Cc2ccc(F)cc2)c1. The zero-order valence-corrected chi connectivity index (χ0v) is 16.0. The molecule has 2 N–H and O–H groups in total. The van der Waals surface area contributed by atoms with Gasteiger partial charge < -0.3 is 15.0 Å². The van der Waals surface area contributed by atoms with Crippen molar-refractivity contribution in [2.75, 3.05) is 19.5 Å². The van der Waals surface area contributed by atoms with E-state index in [1.165, 1.54) is 12.1 Å². The number of benzene rings is 3. The van der Waals surface area contributed by atoms with E-state index in [2.05, 4.69) is 5.32 Å². The summed E-state index contributed by atoms with van der Waals surface area (Å²) in [5, 5.41) is 2.99. The molecule has 0 aliphatic carbocycles.